The molecule has 0 spiro atoms. The number of hydrogen-bond donors (Lipinski definition) is 3. The molecule has 6 nitrogen and oxygen atoms in total. The van der Waals surface area contributed by atoms with Crippen molar-refractivity contribution < 1.29 is 9.59 Å². The molecule has 0 unspecified atom stereocenters. The molecule has 4 N–H and O–H groups in total. The normalized spacial score (nSPS) is 11.3. The van der Waals surface area contributed by atoms with Gasteiger partial charge in [-0.05, 0) is 52.2 Å². The lowest BCUT2D eigenvalue weighted by atomic mass is 10.0. The van der Waals surface area contributed by atoms with E-state index in [4.69, 9.17) is 5.73 Å². The van der Waals surface area contributed by atoms with Crippen molar-refractivity contribution in [2.24, 2.45) is 0 Å². The third-order valence-corrected chi connectivity index (χ3v) is 3.51. The largest absolute Gasteiger partial charge is 0.399 e. The van der Waals surface area contributed by atoms with Crippen molar-refractivity contribution in [3.63, 3.8) is 0 Å². The maximum atomic E-state index is 11.8. The molecule has 0 aliphatic carbocycles. The molecule has 116 valence electrons. The first-order chi connectivity index (χ1) is 9.72. The Bertz CT molecular complexity index is 495. The number of carbonyl (C=O) groups excluding carboxylic acids is 2. The van der Waals surface area contributed by atoms with Crippen molar-refractivity contribution >= 4 is 17.5 Å². The minimum Gasteiger partial charge on any atom is -0.399 e. The van der Waals surface area contributed by atoms with E-state index in [0.717, 1.165) is 0 Å². The second-order valence-electron chi connectivity index (χ2n) is 5.79. The molecule has 0 saturated heterocycles. The Hall–Kier alpha value is -2.08. The average Bonchev–Trinajstić information content (AvgIpc) is 2.43. The molecule has 0 aliphatic heterocycles. The predicted octanol–water partition coefficient (Wildman–Crippen LogP) is 0.455. The summed E-state index contributed by atoms with van der Waals surface area (Å²) in [6.07, 6.45) is 0. The molecule has 0 fully saturated rings. The number of rotatable bonds is 6. The number of carbonyl (C=O) groups is 2. The Balaban J connectivity index is 2.39. The standard InChI is InChI=1S/C15H24N4O2/c1-15(2,19(3)4)10-18-13(20)9-17-14(21)11-5-7-12(16)8-6-11/h5-8H,9-10,16H2,1-4H3,(H,17,21)(H,18,20). The van der Waals surface area contributed by atoms with Gasteiger partial charge in [0.1, 0.15) is 0 Å². The summed E-state index contributed by atoms with van der Waals surface area (Å²) >= 11 is 0. The fraction of sp³-hybridized carbons (Fsp3) is 0.467. The maximum Gasteiger partial charge on any atom is 0.251 e. The van der Waals surface area contributed by atoms with Crippen molar-refractivity contribution in [2.45, 2.75) is 19.4 Å². The molecule has 21 heavy (non-hydrogen) atoms. The molecule has 2 amide bonds. The van der Waals surface area contributed by atoms with Crippen LogP contribution >= 0.6 is 0 Å². The van der Waals surface area contributed by atoms with E-state index >= 15 is 0 Å². The summed E-state index contributed by atoms with van der Waals surface area (Å²) in [4.78, 5) is 25.6. The smallest absolute Gasteiger partial charge is 0.251 e. The van der Waals surface area contributed by atoms with Gasteiger partial charge in [-0.2, -0.15) is 0 Å². The Kier molecular flexibility index (Phi) is 5.72. The van der Waals surface area contributed by atoms with Gasteiger partial charge in [-0.1, -0.05) is 0 Å². The highest BCUT2D eigenvalue weighted by Gasteiger charge is 2.21. The van der Waals surface area contributed by atoms with Crippen LogP contribution in [-0.4, -0.2) is 49.4 Å². The lowest BCUT2D eigenvalue weighted by Crippen LogP contribution is -2.49. The average molecular weight is 292 g/mol. The van der Waals surface area contributed by atoms with E-state index in [1.807, 2.05) is 32.8 Å². The zero-order valence-corrected chi connectivity index (χ0v) is 13.1. The summed E-state index contributed by atoms with van der Waals surface area (Å²) in [5.74, 6) is -0.509. The fourth-order valence-electron chi connectivity index (χ4n) is 1.43. The Morgan fingerprint density at radius 3 is 2.24 bits per heavy atom. The molecular formula is C15H24N4O2. The zero-order chi connectivity index (χ0) is 16.0. The second-order valence-corrected chi connectivity index (χ2v) is 5.79. The zero-order valence-electron chi connectivity index (χ0n) is 13.1. The molecule has 0 bridgehead atoms. The van der Waals surface area contributed by atoms with Gasteiger partial charge in [0.15, 0.2) is 0 Å². The van der Waals surface area contributed by atoms with Crippen LogP contribution < -0.4 is 16.4 Å². The van der Waals surface area contributed by atoms with E-state index in [1.165, 1.54) is 0 Å². The molecule has 1 rings (SSSR count). The molecule has 1 aromatic rings. The number of benzene rings is 1. The molecule has 0 heterocycles. The number of anilines is 1. The first-order valence-electron chi connectivity index (χ1n) is 6.80. The number of amides is 2. The summed E-state index contributed by atoms with van der Waals surface area (Å²) in [6, 6.07) is 6.54. The van der Waals surface area contributed by atoms with Gasteiger partial charge in [0.05, 0.1) is 6.54 Å². The van der Waals surface area contributed by atoms with Crippen molar-refractivity contribution in [1.82, 2.24) is 15.5 Å². The summed E-state index contributed by atoms with van der Waals surface area (Å²) in [6.45, 7) is 4.52. The number of likely N-dealkylation sites (N-methyl/N-ethyl adjacent to an activating group) is 1. The molecule has 0 aromatic heterocycles. The second kappa shape index (κ2) is 7.08. The summed E-state index contributed by atoms with van der Waals surface area (Å²) in [7, 11) is 3.91. The van der Waals surface area contributed by atoms with E-state index in [-0.39, 0.29) is 23.9 Å². The van der Waals surface area contributed by atoms with E-state index in [1.54, 1.807) is 24.3 Å². The van der Waals surface area contributed by atoms with Gasteiger partial charge in [-0.3, -0.25) is 9.59 Å². The highest BCUT2D eigenvalue weighted by Crippen LogP contribution is 2.07. The topological polar surface area (TPSA) is 87.5 Å². The maximum absolute atomic E-state index is 11.8. The van der Waals surface area contributed by atoms with Gasteiger partial charge in [0.2, 0.25) is 5.91 Å². The van der Waals surface area contributed by atoms with Crippen LogP contribution in [0.25, 0.3) is 0 Å². The number of nitrogens with two attached hydrogens (primary N) is 1. The number of nitrogens with one attached hydrogen (secondary N) is 2. The summed E-state index contributed by atoms with van der Waals surface area (Å²) in [5.41, 5.74) is 6.48. The van der Waals surface area contributed by atoms with Gasteiger partial charge in [0.25, 0.3) is 5.91 Å². The lowest BCUT2D eigenvalue weighted by molar-refractivity contribution is -0.120. The monoisotopic (exact) mass is 292 g/mol. The van der Waals surface area contributed by atoms with E-state index in [0.29, 0.717) is 17.8 Å². The lowest BCUT2D eigenvalue weighted by Gasteiger charge is -2.32. The molecule has 0 atom stereocenters. The Labute approximate surface area is 125 Å². The van der Waals surface area contributed by atoms with E-state index < -0.39 is 0 Å². The Morgan fingerprint density at radius 2 is 1.71 bits per heavy atom. The highest BCUT2D eigenvalue weighted by molar-refractivity contribution is 5.96. The van der Waals surface area contributed by atoms with Crippen molar-refractivity contribution in [3.05, 3.63) is 29.8 Å². The minimum atomic E-state index is -0.294. The molecule has 1 aromatic carbocycles. The van der Waals surface area contributed by atoms with Crippen LogP contribution in [0.3, 0.4) is 0 Å². The fourth-order valence-corrected chi connectivity index (χ4v) is 1.43. The van der Waals surface area contributed by atoms with Gasteiger partial charge >= 0.3 is 0 Å². The van der Waals surface area contributed by atoms with Crippen LogP contribution in [-0.2, 0) is 4.79 Å². The van der Waals surface area contributed by atoms with Gasteiger partial charge in [-0.15, -0.1) is 0 Å². The van der Waals surface area contributed by atoms with Crippen LogP contribution in [0.4, 0.5) is 5.69 Å². The Morgan fingerprint density at radius 1 is 1.14 bits per heavy atom. The van der Waals surface area contributed by atoms with Crippen molar-refractivity contribution in [1.29, 1.82) is 0 Å². The van der Waals surface area contributed by atoms with Crippen LogP contribution in [0.2, 0.25) is 0 Å². The van der Waals surface area contributed by atoms with E-state index in [9.17, 15) is 9.59 Å². The molecular weight excluding hydrogens is 268 g/mol. The quantitative estimate of drug-likeness (QED) is 0.665. The minimum absolute atomic E-state index is 0.0489. The highest BCUT2D eigenvalue weighted by atomic mass is 16.2. The van der Waals surface area contributed by atoms with Gasteiger partial charge in [-0.25, -0.2) is 0 Å². The van der Waals surface area contributed by atoms with Crippen molar-refractivity contribution in [3.8, 4) is 0 Å². The van der Waals surface area contributed by atoms with E-state index in [2.05, 4.69) is 10.6 Å². The van der Waals surface area contributed by atoms with Crippen LogP contribution in [0.1, 0.15) is 24.2 Å². The van der Waals surface area contributed by atoms with Crippen LogP contribution in [0.15, 0.2) is 24.3 Å². The van der Waals surface area contributed by atoms with Gasteiger partial charge in [0, 0.05) is 23.3 Å². The summed E-state index contributed by atoms with van der Waals surface area (Å²) in [5, 5.41) is 5.38. The van der Waals surface area contributed by atoms with Crippen LogP contribution in [0.5, 0.6) is 0 Å². The number of nitrogen functional groups attached to an aromatic ring is 1. The summed E-state index contributed by atoms with van der Waals surface area (Å²) < 4.78 is 0. The van der Waals surface area contributed by atoms with Crippen molar-refractivity contribution in [2.75, 3.05) is 32.9 Å². The first-order valence-corrected chi connectivity index (χ1v) is 6.80. The molecule has 0 saturated carbocycles. The number of nitrogens with zero attached hydrogens (tertiary/aromatic N) is 1. The molecule has 0 radical (unpaired) electrons. The third kappa shape index (κ3) is 5.43. The first kappa shape index (κ1) is 17.0. The SMILES string of the molecule is CN(C)C(C)(C)CNC(=O)CNC(=O)c1ccc(N)cc1. The molecule has 6 heteroatoms. The predicted molar refractivity (Wildman–Crippen MR) is 84.0 cm³/mol. The number of hydrogen-bond acceptors (Lipinski definition) is 4. The third-order valence-electron chi connectivity index (χ3n) is 3.51. The molecule has 0 aliphatic rings. The van der Waals surface area contributed by atoms with Gasteiger partial charge < -0.3 is 21.3 Å². The van der Waals surface area contributed by atoms with Crippen LogP contribution in [0, 0.1) is 0 Å².